The van der Waals surface area contributed by atoms with E-state index in [1.54, 1.807) is 11.8 Å². The van der Waals surface area contributed by atoms with Crippen LogP contribution in [0.15, 0.2) is 90.1 Å². The molecule has 0 bridgehead atoms. The Labute approximate surface area is 205 Å². The van der Waals surface area contributed by atoms with Crippen LogP contribution in [0.3, 0.4) is 0 Å². The lowest BCUT2D eigenvalue weighted by molar-refractivity contribution is 0.0106. The van der Waals surface area contributed by atoms with Crippen molar-refractivity contribution < 1.29 is 9.84 Å². The molecule has 1 aliphatic rings. The molecule has 0 amide bonds. The smallest absolute Gasteiger partial charge is 0.123 e. The van der Waals surface area contributed by atoms with Gasteiger partial charge in [0.25, 0.3) is 0 Å². The third kappa shape index (κ3) is 5.61. The van der Waals surface area contributed by atoms with Gasteiger partial charge in [0.15, 0.2) is 0 Å². The molecule has 5 rings (SSSR count). The van der Waals surface area contributed by atoms with Crippen LogP contribution < -0.4 is 5.32 Å². The molecule has 174 valence electrons. The Bertz CT molecular complexity index is 1210. The lowest BCUT2D eigenvalue weighted by Gasteiger charge is -2.32. The topological polar surface area (TPSA) is 54.4 Å². The van der Waals surface area contributed by atoms with Gasteiger partial charge in [0, 0.05) is 29.8 Å². The largest absolute Gasteiger partial charge is 0.507 e. The minimum Gasteiger partial charge on any atom is -0.507 e. The van der Waals surface area contributed by atoms with Crippen LogP contribution in [0.2, 0.25) is 0 Å². The van der Waals surface area contributed by atoms with Crippen molar-refractivity contribution in [3.8, 4) is 5.75 Å². The van der Waals surface area contributed by atoms with Crippen LogP contribution in [-0.4, -0.2) is 35.0 Å². The van der Waals surface area contributed by atoms with E-state index in [9.17, 15) is 5.11 Å². The number of piperidine rings is 1. The van der Waals surface area contributed by atoms with Gasteiger partial charge in [-0.05, 0) is 65.7 Å². The molecule has 0 radical (unpaired) electrons. The van der Waals surface area contributed by atoms with Gasteiger partial charge in [-0.3, -0.25) is 0 Å². The molecule has 0 saturated carbocycles. The molecule has 2 unspecified atom stereocenters. The maximum Gasteiger partial charge on any atom is 0.123 e. The molecule has 1 aromatic heterocycles. The van der Waals surface area contributed by atoms with E-state index in [0.29, 0.717) is 18.3 Å². The summed E-state index contributed by atoms with van der Waals surface area (Å²) < 4.78 is 6.40. The van der Waals surface area contributed by atoms with Crippen LogP contribution in [0, 0.1) is 0 Å². The molecule has 34 heavy (non-hydrogen) atoms. The van der Waals surface area contributed by atoms with Crippen molar-refractivity contribution in [2.75, 3.05) is 18.8 Å². The highest BCUT2D eigenvalue weighted by Gasteiger charge is 2.27. The molecule has 1 saturated heterocycles. The molecule has 4 nitrogen and oxygen atoms in total. The minimum atomic E-state index is 0.105. The van der Waals surface area contributed by atoms with E-state index in [1.807, 2.05) is 48.7 Å². The van der Waals surface area contributed by atoms with Gasteiger partial charge in [-0.1, -0.05) is 54.6 Å². The van der Waals surface area contributed by atoms with Gasteiger partial charge >= 0.3 is 0 Å². The number of thioether (sulfide) groups is 1. The lowest BCUT2D eigenvalue weighted by Crippen LogP contribution is -2.40. The lowest BCUT2D eigenvalue weighted by atomic mass is 9.87. The van der Waals surface area contributed by atoms with E-state index in [4.69, 9.17) is 4.74 Å². The first-order valence-electron chi connectivity index (χ1n) is 11.9. The van der Waals surface area contributed by atoms with Gasteiger partial charge in [0.2, 0.25) is 0 Å². The Balaban J connectivity index is 1.20. The first-order valence-corrected chi connectivity index (χ1v) is 12.9. The molecule has 2 atom stereocenters. The third-order valence-corrected chi connectivity index (χ3v) is 7.42. The number of hydrogen-bond acceptors (Lipinski definition) is 5. The summed E-state index contributed by atoms with van der Waals surface area (Å²) in [6, 6.07) is 26.9. The van der Waals surface area contributed by atoms with Crippen molar-refractivity contribution in [2.45, 2.75) is 36.5 Å². The predicted molar refractivity (Wildman–Crippen MR) is 140 cm³/mol. The summed E-state index contributed by atoms with van der Waals surface area (Å²) >= 11 is 1.80. The van der Waals surface area contributed by atoms with Crippen LogP contribution >= 0.6 is 11.8 Å². The number of aryl methyl sites for hydroxylation is 1. The van der Waals surface area contributed by atoms with Gasteiger partial charge < -0.3 is 15.2 Å². The molecule has 2 N–H and O–H groups in total. The van der Waals surface area contributed by atoms with Crippen molar-refractivity contribution in [1.29, 1.82) is 0 Å². The Morgan fingerprint density at radius 3 is 2.68 bits per heavy atom. The molecular formula is C29H30N2O2S. The summed E-state index contributed by atoms with van der Waals surface area (Å²) in [4.78, 5) is 4.38. The summed E-state index contributed by atoms with van der Waals surface area (Å²) in [5.74, 6) is 1.70. The molecule has 0 aliphatic carbocycles. The monoisotopic (exact) mass is 470 g/mol. The molecule has 5 heteroatoms. The SMILES string of the molecule is Oc1cc(COC2CNCCC2c2ccc(CCSc3ccccn3)cc2)cc2ccccc12. The summed E-state index contributed by atoms with van der Waals surface area (Å²) in [5.41, 5.74) is 3.69. The number of pyridine rings is 1. The normalized spacial score (nSPS) is 18.2. The number of hydrogen-bond donors (Lipinski definition) is 2. The van der Waals surface area contributed by atoms with E-state index in [2.05, 4.69) is 46.7 Å². The average Bonchev–Trinajstić information content (AvgIpc) is 2.89. The Kier molecular flexibility index (Phi) is 7.44. The van der Waals surface area contributed by atoms with Crippen molar-refractivity contribution >= 4 is 22.5 Å². The Hall–Kier alpha value is -2.86. The van der Waals surface area contributed by atoms with Crippen LogP contribution in [0.1, 0.15) is 29.0 Å². The molecular weight excluding hydrogens is 440 g/mol. The number of benzene rings is 3. The zero-order valence-corrected chi connectivity index (χ0v) is 20.0. The zero-order chi connectivity index (χ0) is 23.2. The maximum absolute atomic E-state index is 10.4. The number of rotatable bonds is 8. The zero-order valence-electron chi connectivity index (χ0n) is 19.2. The van der Waals surface area contributed by atoms with E-state index in [1.165, 1.54) is 11.1 Å². The van der Waals surface area contributed by atoms with Gasteiger partial charge in [-0.15, -0.1) is 11.8 Å². The highest BCUT2D eigenvalue weighted by Crippen LogP contribution is 2.31. The van der Waals surface area contributed by atoms with Gasteiger partial charge in [0.1, 0.15) is 5.75 Å². The Morgan fingerprint density at radius 1 is 0.971 bits per heavy atom. The Morgan fingerprint density at radius 2 is 1.82 bits per heavy atom. The van der Waals surface area contributed by atoms with Crippen molar-refractivity contribution in [3.05, 3.63) is 102 Å². The number of nitrogens with zero attached hydrogens (tertiary/aromatic N) is 1. The fourth-order valence-corrected chi connectivity index (χ4v) is 5.52. The maximum atomic E-state index is 10.4. The number of aromatic nitrogens is 1. The minimum absolute atomic E-state index is 0.105. The molecule has 2 heterocycles. The van der Waals surface area contributed by atoms with Gasteiger partial charge in [0.05, 0.1) is 17.7 Å². The second-order valence-corrected chi connectivity index (χ2v) is 9.91. The summed E-state index contributed by atoms with van der Waals surface area (Å²) in [6.07, 6.45) is 4.03. The fourth-order valence-electron chi connectivity index (χ4n) is 4.66. The number of aromatic hydroxyl groups is 1. The predicted octanol–water partition coefficient (Wildman–Crippen LogP) is 5.94. The van der Waals surface area contributed by atoms with Crippen molar-refractivity contribution in [1.82, 2.24) is 10.3 Å². The van der Waals surface area contributed by atoms with E-state index in [0.717, 1.165) is 53.0 Å². The van der Waals surface area contributed by atoms with E-state index in [-0.39, 0.29) is 6.10 Å². The van der Waals surface area contributed by atoms with Crippen LogP contribution in [0.4, 0.5) is 0 Å². The number of fused-ring (bicyclic) bond motifs is 1. The molecule has 4 aromatic rings. The average molecular weight is 471 g/mol. The molecule has 1 aliphatic heterocycles. The molecule has 0 spiro atoms. The van der Waals surface area contributed by atoms with Crippen molar-refractivity contribution in [2.24, 2.45) is 0 Å². The van der Waals surface area contributed by atoms with Crippen molar-refractivity contribution in [3.63, 3.8) is 0 Å². The van der Waals surface area contributed by atoms with Crippen LogP contribution in [0.25, 0.3) is 10.8 Å². The molecule has 1 fully saturated rings. The summed E-state index contributed by atoms with van der Waals surface area (Å²) in [6.45, 7) is 2.33. The number of ether oxygens (including phenoxy) is 1. The number of nitrogens with one attached hydrogen (secondary N) is 1. The van der Waals surface area contributed by atoms with E-state index >= 15 is 0 Å². The van der Waals surface area contributed by atoms with Gasteiger partial charge in [-0.25, -0.2) is 4.98 Å². The van der Waals surface area contributed by atoms with Crippen LogP contribution in [-0.2, 0) is 17.8 Å². The summed E-state index contributed by atoms with van der Waals surface area (Å²) in [5, 5.41) is 16.9. The van der Waals surface area contributed by atoms with Crippen LogP contribution in [0.5, 0.6) is 5.75 Å². The first-order chi connectivity index (χ1) is 16.8. The summed E-state index contributed by atoms with van der Waals surface area (Å²) in [7, 11) is 0. The van der Waals surface area contributed by atoms with E-state index < -0.39 is 0 Å². The second kappa shape index (κ2) is 11.0. The molecule has 3 aromatic carbocycles. The number of phenols is 1. The number of phenolic OH excluding ortho intramolecular Hbond substituents is 1. The highest BCUT2D eigenvalue weighted by atomic mass is 32.2. The standard InChI is InChI=1S/C29H30N2O2S/c32-27-18-22(17-24-5-1-2-6-25(24)27)20-33-28-19-30-15-12-26(28)23-10-8-21(9-11-23)13-16-34-29-7-3-4-14-31-29/h1-11,14,17-18,26,28,30,32H,12-13,15-16,19-20H2. The third-order valence-electron chi connectivity index (χ3n) is 6.48. The fraction of sp³-hybridized carbons (Fsp3) is 0.276. The quantitative estimate of drug-likeness (QED) is 0.312. The second-order valence-electron chi connectivity index (χ2n) is 8.79. The first kappa shape index (κ1) is 22.9. The highest BCUT2D eigenvalue weighted by molar-refractivity contribution is 7.99. The van der Waals surface area contributed by atoms with Gasteiger partial charge in [-0.2, -0.15) is 0 Å².